The zero-order valence-electron chi connectivity index (χ0n) is 12.5. The van der Waals surface area contributed by atoms with Gasteiger partial charge in [-0.3, -0.25) is 4.79 Å². The van der Waals surface area contributed by atoms with Crippen molar-refractivity contribution in [1.82, 2.24) is 0 Å². The van der Waals surface area contributed by atoms with Gasteiger partial charge in [-0.05, 0) is 18.2 Å². The Labute approximate surface area is 139 Å². The molecule has 5 nitrogen and oxygen atoms in total. The second-order valence-corrected chi connectivity index (χ2v) is 6.43. The fraction of sp³-hybridized carbons (Fsp3) is 0.471. The van der Waals surface area contributed by atoms with E-state index in [1.165, 1.54) is 0 Å². The minimum atomic E-state index is -0.807. The normalized spacial score (nSPS) is 31.2. The highest BCUT2D eigenvalue weighted by Crippen LogP contribution is 2.42. The lowest BCUT2D eigenvalue weighted by Crippen LogP contribution is -2.20. The summed E-state index contributed by atoms with van der Waals surface area (Å²) in [6.45, 7) is 0.0865. The van der Waals surface area contributed by atoms with Crippen molar-refractivity contribution < 1.29 is 24.5 Å². The van der Waals surface area contributed by atoms with Crippen molar-refractivity contribution in [3.05, 3.63) is 41.4 Å². The van der Waals surface area contributed by atoms with Gasteiger partial charge in [0.25, 0.3) is 0 Å². The highest BCUT2D eigenvalue weighted by molar-refractivity contribution is 6.30. The maximum atomic E-state index is 11.3. The average Bonchev–Trinajstić information content (AvgIpc) is 2.98. The van der Waals surface area contributed by atoms with Gasteiger partial charge >= 0.3 is 5.97 Å². The Balaban J connectivity index is 1.53. The summed E-state index contributed by atoms with van der Waals surface area (Å²) in [5, 5.41) is 20.6. The standard InChI is InChI=1S/C17H19ClO5/c18-10-2-1-3-12(6-10)22-9-11(19)4-5-13-14-7-17(21)23-16(14)8-15(13)20/h1-6,11,13-16,19-20H,7-9H2/b5-4-/t11-,13-,14-,15-,16+/m0/s1. The molecule has 1 saturated carbocycles. The zero-order chi connectivity index (χ0) is 16.4. The number of aliphatic hydroxyl groups is 2. The molecule has 3 rings (SSSR count). The summed E-state index contributed by atoms with van der Waals surface area (Å²) in [6, 6.07) is 6.94. The van der Waals surface area contributed by atoms with Crippen LogP contribution in [0, 0.1) is 11.8 Å². The third-order valence-corrected chi connectivity index (χ3v) is 4.58. The van der Waals surface area contributed by atoms with Crippen LogP contribution in [0.5, 0.6) is 5.75 Å². The monoisotopic (exact) mass is 338 g/mol. The molecule has 1 saturated heterocycles. The van der Waals surface area contributed by atoms with E-state index in [1.54, 1.807) is 36.4 Å². The van der Waals surface area contributed by atoms with E-state index < -0.39 is 12.2 Å². The first-order valence-electron chi connectivity index (χ1n) is 7.65. The van der Waals surface area contributed by atoms with Crippen LogP contribution in [0.1, 0.15) is 12.8 Å². The molecule has 1 aromatic carbocycles. The minimum absolute atomic E-state index is 0.00482. The van der Waals surface area contributed by atoms with E-state index in [9.17, 15) is 15.0 Å². The van der Waals surface area contributed by atoms with E-state index in [-0.39, 0.29) is 30.5 Å². The van der Waals surface area contributed by atoms with E-state index in [1.807, 2.05) is 0 Å². The first kappa shape index (κ1) is 16.3. The highest BCUT2D eigenvalue weighted by atomic mass is 35.5. The summed E-state index contributed by atoms with van der Waals surface area (Å²) in [5.74, 6) is 0.193. The Morgan fingerprint density at radius 1 is 1.48 bits per heavy atom. The SMILES string of the molecule is O=C1C[C@H]2[C@H](/C=C\[C@H](O)COc3cccc(Cl)c3)[C@@H](O)C[C@H]2O1. The second-order valence-electron chi connectivity index (χ2n) is 6.00. The molecule has 1 aromatic rings. The molecule has 0 aromatic heterocycles. The number of carbonyl (C=O) groups is 1. The Hall–Kier alpha value is -1.56. The predicted octanol–water partition coefficient (Wildman–Crippen LogP) is 1.95. The van der Waals surface area contributed by atoms with Gasteiger partial charge in [0, 0.05) is 23.3 Å². The Morgan fingerprint density at radius 2 is 2.30 bits per heavy atom. The molecule has 2 N–H and O–H groups in total. The van der Waals surface area contributed by atoms with Crippen LogP contribution in [0.4, 0.5) is 0 Å². The molecule has 6 heteroatoms. The molecule has 0 bridgehead atoms. The smallest absolute Gasteiger partial charge is 0.306 e. The molecule has 2 aliphatic rings. The van der Waals surface area contributed by atoms with Crippen LogP contribution in [0.2, 0.25) is 5.02 Å². The van der Waals surface area contributed by atoms with Crippen molar-refractivity contribution >= 4 is 17.6 Å². The summed E-state index contributed by atoms with van der Waals surface area (Å²) in [5.41, 5.74) is 0. The molecule has 0 spiro atoms. The largest absolute Gasteiger partial charge is 0.491 e. The first-order valence-corrected chi connectivity index (χ1v) is 8.03. The maximum absolute atomic E-state index is 11.3. The Morgan fingerprint density at radius 3 is 3.09 bits per heavy atom. The summed E-state index contributed by atoms with van der Waals surface area (Å²) in [4.78, 5) is 11.3. The lowest BCUT2D eigenvalue weighted by molar-refractivity contribution is -0.141. The molecule has 1 aliphatic heterocycles. The van der Waals surface area contributed by atoms with Gasteiger partial charge in [-0.25, -0.2) is 0 Å². The van der Waals surface area contributed by atoms with Crippen LogP contribution in [-0.4, -0.2) is 41.1 Å². The number of hydrogen-bond donors (Lipinski definition) is 2. The third kappa shape index (κ3) is 3.86. The summed E-state index contributed by atoms with van der Waals surface area (Å²) >= 11 is 5.86. The number of benzene rings is 1. The predicted molar refractivity (Wildman–Crippen MR) is 84.2 cm³/mol. The van der Waals surface area contributed by atoms with Crippen LogP contribution in [0.3, 0.4) is 0 Å². The van der Waals surface area contributed by atoms with Crippen molar-refractivity contribution in [2.24, 2.45) is 11.8 Å². The fourth-order valence-corrected chi connectivity index (χ4v) is 3.42. The topological polar surface area (TPSA) is 76.0 Å². The van der Waals surface area contributed by atoms with Gasteiger partial charge in [0.1, 0.15) is 24.6 Å². The van der Waals surface area contributed by atoms with Gasteiger partial charge in [-0.2, -0.15) is 0 Å². The molecular weight excluding hydrogens is 320 g/mol. The van der Waals surface area contributed by atoms with Gasteiger partial charge < -0.3 is 19.7 Å². The lowest BCUT2D eigenvalue weighted by Gasteiger charge is -2.15. The van der Waals surface area contributed by atoms with E-state index in [4.69, 9.17) is 21.1 Å². The quantitative estimate of drug-likeness (QED) is 0.634. The van der Waals surface area contributed by atoms with Crippen molar-refractivity contribution in [2.75, 3.05) is 6.61 Å². The molecule has 5 atom stereocenters. The third-order valence-electron chi connectivity index (χ3n) is 4.35. The van der Waals surface area contributed by atoms with Crippen LogP contribution < -0.4 is 4.74 Å². The maximum Gasteiger partial charge on any atom is 0.306 e. The number of rotatable bonds is 5. The van der Waals surface area contributed by atoms with Crippen LogP contribution in [0.25, 0.3) is 0 Å². The summed E-state index contributed by atoms with van der Waals surface area (Å²) < 4.78 is 10.6. The fourth-order valence-electron chi connectivity index (χ4n) is 3.24. The molecule has 0 amide bonds. The molecule has 0 radical (unpaired) electrons. The second kappa shape index (κ2) is 6.91. The van der Waals surface area contributed by atoms with Gasteiger partial charge in [-0.15, -0.1) is 0 Å². The zero-order valence-corrected chi connectivity index (χ0v) is 13.2. The van der Waals surface area contributed by atoms with E-state index in [0.29, 0.717) is 23.6 Å². The minimum Gasteiger partial charge on any atom is -0.491 e. The first-order chi connectivity index (χ1) is 11.0. The van der Waals surface area contributed by atoms with Crippen molar-refractivity contribution in [2.45, 2.75) is 31.2 Å². The summed E-state index contributed by atoms with van der Waals surface area (Å²) in [7, 11) is 0. The number of fused-ring (bicyclic) bond motifs is 1. The van der Waals surface area contributed by atoms with Crippen molar-refractivity contribution in [3.63, 3.8) is 0 Å². The van der Waals surface area contributed by atoms with Crippen LogP contribution in [-0.2, 0) is 9.53 Å². The van der Waals surface area contributed by atoms with Gasteiger partial charge in [-0.1, -0.05) is 29.8 Å². The number of esters is 1. The average molecular weight is 339 g/mol. The molecule has 2 fully saturated rings. The number of carbonyl (C=O) groups excluding carboxylic acids is 1. The molecule has 1 aliphatic carbocycles. The molecule has 23 heavy (non-hydrogen) atoms. The van der Waals surface area contributed by atoms with Crippen molar-refractivity contribution in [3.8, 4) is 5.75 Å². The van der Waals surface area contributed by atoms with Gasteiger partial charge in [0.15, 0.2) is 0 Å². The Bertz CT molecular complexity index is 602. The molecule has 1 heterocycles. The molecule has 124 valence electrons. The Kier molecular flexibility index (Phi) is 4.90. The molecular formula is C17H19ClO5. The lowest BCUT2D eigenvalue weighted by atomic mass is 9.91. The van der Waals surface area contributed by atoms with Gasteiger partial charge in [0.2, 0.25) is 0 Å². The molecule has 0 unspecified atom stereocenters. The summed E-state index contributed by atoms with van der Waals surface area (Å²) in [6.07, 6.45) is 2.60. The van der Waals surface area contributed by atoms with Crippen molar-refractivity contribution in [1.29, 1.82) is 0 Å². The number of halogens is 1. The van der Waals surface area contributed by atoms with E-state index in [0.717, 1.165) is 0 Å². The van der Waals surface area contributed by atoms with E-state index in [2.05, 4.69) is 0 Å². The number of aliphatic hydroxyl groups excluding tert-OH is 2. The van der Waals surface area contributed by atoms with Crippen LogP contribution >= 0.6 is 11.6 Å². The van der Waals surface area contributed by atoms with Gasteiger partial charge in [0.05, 0.1) is 12.5 Å². The number of ether oxygens (including phenoxy) is 2. The number of hydrogen-bond acceptors (Lipinski definition) is 5. The van der Waals surface area contributed by atoms with Crippen LogP contribution in [0.15, 0.2) is 36.4 Å². The highest BCUT2D eigenvalue weighted by Gasteiger charge is 2.48. The van der Waals surface area contributed by atoms with E-state index >= 15 is 0 Å².